The summed E-state index contributed by atoms with van der Waals surface area (Å²) in [7, 11) is 0. The first-order valence-electron chi connectivity index (χ1n) is 8.41. The van der Waals surface area contributed by atoms with Crippen LogP contribution in [0.2, 0.25) is 0 Å². The minimum atomic E-state index is -1.18. The molecule has 0 radical (unpaired) electrons. The number of ether oxygens (including phenoxy) is 1. The van der Waals surface area contributed by atoms with Crippen LogP contribution < -0.4 is 10.7 Å². The lowest BCUT2D eigenvalue weighted by Crippen LogP contribution is -2.51. The number of halogens is 2. The summed E-state index contributed by atoms with van der Waals surface area (Å²) in [5.41, 5.74) is 0.538. The number of nitrogens with one attached hydrogen (secondary N) is 2. The molecule has 2 N–H and O–H groups in total. The molecule has 8 nitrogen and oxygen atoms in total. The number of esters is 1. The van der Waals surface area contributed by atoms with Gasteiger partial charge in [0.25, 0.3) is 11.8 Å². The minimum Gasteiger partial charge on any atom is -0.452 e. The number of benzene rings is 1. The molecule has 1 aliphatic carbocycles. The number of rotatable bonds is 4. The van der Waals surface area contributed by atoms with E-state index in [1.54, 1.807) is 0 Å². The van der Waals surface area contributed by atoms with Gasteiger partial charge in [-0.1, -0.05) is 19.3 Å². The first kappa shape index (κ1) is 18.7. The van der Waals surface area contributed by atoms with Crippen LogP contribution in [0.25, 0.3) is 0 Å². The first-order valence-corrected chi connectivity index (χ1v) is 8.41. The number of hydrazine groups is 1. The lowest BCUT2D eigenvalue weighted by Gasteiger charge is -2.30. The van der Waals surface area contributed by atoms with E-state index in [0.717, 1.165) is 31.4 Å². The lowest BCUT2D eigenvalue weighted by molar-refractivity contribution is -0.140. The van der Waals surface area contributed by atoms with Gasteiger partial charge in [0.15, 0.2) is 6.61 Å². The van der Waals surface area contributed by atoms with Crippen molar-refractivity contribution in [1.82, 2.24) is 15.8 Å². The normalized spacial score (nSPS) is 18.4. The van der Waals surface area contributed by atoms with Crippen LogP contribution in [-0.2, 0) is 14.3 Å². The molecule has 0 aromatic heterocycles. The molecule has 0 atom stereocenters. The third kappa shape index (κ3) is 3.74. The highest BCUT2D eigenvalue weighted by molar-refractivity contribution is 6.08. The largest absolute Gasteiger partial charge is 0.452 e. The molecule has 10 heteroatoms. The number of carbonyl (C=O) groups excluding carboxylic acids is 4. The molecule has 1 saturated heterocycles. The van der Waals surface area contributed by atoms with Crippen molar-refractivity contribution < 1.29 is 32.7 Å². The van der Waals surface area contributed by atoms with E-state index in [4.69, 9.17) is 0 Å². The van der Waals surface area contributed by atoms with E-state index in [9.17, 15) is 28.0 Å². The molecule has 1 aromatic carbocycles. The summed E-state index contributed by atoms with van der Waals surface area (Å²) in [6, 6.07) is 1.51. The molecular weight excluding hydrogens is 364 g/mol. The summed E-state index contributed by atoms with van der Waals surface area (Å²) in [6.07, 6.45) is 3.52. The summed E-state index contributed by atoms with van der Waals surface area (Å²) >= 11 is 0. The summed E-state index contributed by atoms with van der Waals surface area (Å²) in [5.74, 6) is -4.67. The summed E-state index contributed by atoms with van der Waals surface area (Å²) in [4.78, 5) is 48.2. The topological polar surface area (TPSA) is 105 Å². The summed E-state index contributed by atoms with van der Waals surface area (Å²) < 4.78 is 31.0. The van der Waals surface area contributed by atoms with Gasteiger partial charge in [0.2, 0.25) is 0 Å². The fraction of sp³-hybridized carbons (Fsp3) is 0.412. The van der Waals surface area contributed by atoms with Crippen molar-refractivity contribution in [3.8, 4) is 0 Å². The predicted molar refractivity (Wildman–Crippen MR) is 86.0 cm³/mol. The molecule has 0 bridgehead atoms. The van der Waals surface area contributed by atoms with Gasteiger partial charge in [-0.05, 0) is 25.0 Å². The molecule has 27 heavy (non-hydrogen) atoms. The molecule has 0 unspecified atom stereocenters. The third-order valence-corrected chi connectivity index (χ3v) is 4.59. The molecule has 4 amide bonds. The number of imide groups is 1. The number of amides is 4. The molecular formula is C17H17F2N3O5. The van der Waals surface area contributed by atoms with Crippen molar-refractivity contribution in [3.63, 3.8) is 0 Å². The average molecular weight is 381 g/mol. The van der Waals surface area contributed by atoms with Crippen LogP contribution in [-0.4, -0.2) is 41.0 Å². The Bertz CT molecular complexity index is 808. The maximum Gasteiger partial charge on any atom is 0.344 e. The van der Waals surface area contributed by atoms with Crippen molar-refractivity contribution in [3.05, 3.63) is 35.4 Å². The quantitative estimate of drug-likeness (QED) is 0.606. The van der Waals surface area contributed by atoms with E-state index >= 15 is 0 Å². The Hall–Kier alpha value is -3.04. The molecule has 3 rings (SSSR count). The monoisotopic (exact) mass is 381 g/mol. The molecule has 2 fully saturated rings. The van der Waals surface area contributed by atoms with Gasteiger partial charge < -0.3 is 10.1 Å². The van der Waals surface area contributed by atoms with Crippen LogP contribution in [0.15, 0.2) is 18.2 Å². The van der Waals surface area contributed by atoms with Crippen molar-refractivity contribution in [1.29, 1.82) is 0 Å². The molecule has 1 heterocycles. The number of nitrogens with zero attached hydrogens (tertiary/aromatic N) is 1. The van der Waals surface area contributed by atoms with Gasteiger partial charge in [-0.2, -0.15) is 5.01 Å². The van der Waals surface area contributed by atoms with Crippen LogP contribution in [0.3, 0.4) is 0 Å². The Morgan fingerprint density at radius 2 is 1.89 bits per heavy atom. The van der Waals surface area contributed by atoms with E-state index in [-0.39, 0.29) is 0 Å². The van der Waals surface area contributed by atoms with Crippen molar-refractivity contribution in [2.75, 3.05) is 6.61 Å². The number of carbonyl (C=O) groups is 4. The zero-order valence-corrected chi connectivity index (χ0v) is 14.2. The Morgan fingerprint density at radius 3 is 2.56 bits per heavy atom. The van der Waals surface area contributed by atoms with Crippen LogP contribution in [0.4, 0.5) is 13.6 Å². The highest BCUT2D eigenvalue weighted by atomic mass is 19.1. The van der Waals surface area contributed by atoms with E-state index in [1.165, 1.54) is 0 Å². The number of hydrogen-bond acceptors (Lipinski definition) is 5. The van der Waals surface area contributed by atoms with Gasteiger partial charge >= 0.3 is 12.0 Å². The van der Waals surface area contributed by atoms with Crippen LogP contribution in [0.1, 0.15) is 42.5 Å². The van der Waals surface area contributed by atoms with E-state index in [0.29, 0.717) is 23.9 Å². The second-order valence-corrected chi connectivity index (χ2v) is 6.45. The van der Waals surface area contributed by atoms with E-state index in [1.807, 2.05) is 0 Å². The first-order chi connectivity index (χ1) is 12.8. The molecule has 1 spiro atoms. The standard InChI is InChI=1S/C17H17F2N3O5/c18-10-4-5-11(12(19)8-10)14(24)27-9-13(23)21-22-15(25)17(20-16(22)26)6-2-1-3-7-17/h4-5,8H,1-3,6-7,9H2,(H,20,26)(H,21,23). The zero-order valence-electron chi connectivity index (χ0n) is 14.2. The SMILES string of the molecule is O=C(COC(=O)c1ccc(F)cc1F)NN1C(=O)NC2(CCCCC2)C1=O. The zero-order chi connectivity index (χ0) is 19.6. The van der Waals surface area contributed by atoms with Gasteiger partial charge in [-0.15, -0.1) is 0 Å². The van der Waals surface area contributed by atoms with Gasteiger partial charge in [0.1, 0.15) is 17.2 Å². The van der Waals surface area contributed by atoms with Crippen LogP contribution in [0.5, 0.6) is 0 Å². The van der Waals surface area contributed by atoms with Gasteiger partial charge in [0.05, 0.1) is 5.56 Å². The maximum absolute atomic E-state index is 13.5. The summed E-state index contributed by atoms with van der Waals surface area (Å²) in [6.45, 7) is -0.848. The van der Waals surface area contributed by atoms with Crippen molar-refractivity contribution in [2.24, 2.45) is 0 Å². The minimum absolute atomic E-state index is 0.489. The summed E-state index contributed by atoms with van der Waals surface area (Å²) in [5, 5.41) is 3.18. The van der Waals surface area contributed by atoms with E-state index < -0.39 is 53.2 Å². The Balaban J connectivity index is 1.57. The highest BCUT2D eigenvalue weighted by Crippen LogP contribution is 2.32. The second kappa shape index (κ2) is 7.29. The van der Waals surface area contributed by atoms with Crippen LogP contribution >= 0.6 is 0 Å². The van der Waals surface area contributed by atoms with Gasteiger partial charge in [-0.25, -0.2) is 18.4 Å². The van der Waals surface area contributed by atoms with Crippen molar-refractivity contribution in [2.45, 2.75) is 37.6 Å². The number of urea groups is 1. The van der Waals surface area contributed by atoms with Gasteiger partial charge in [-0.3, -0.25) is 15.0 Å². The Kier molecular flexibility index (Phi) is 5.06. The smallest absolute Gasteiger partial charge is 0.344 e. The van der Waals surface area contributed by atoms with E-state index in [2.05, 4.69) is 15.5 Å². The predicted octanol–water partition coefficient (Wildman–Crippen LogP) is 1.41. The maximum atomic E-state index is 13.5. The number of hydrogen-bond donors (Lipinski definition) is 2. The molecule has 2 aliphatic rings. The fourth-order valence-electron chi connectivity index (χ4n) is 3.24. The Morgan fingerprint density at radius 1 is 1.19 bits per heavy atom. The Labute approximate surface area is 152 Å². The third-order valence-electron chi connectivity index (χ3n) is 4.59. The van der Waals surface area contributed by atoms with Gasteiger partial charge in [0, 0.05) is 6.07 Å². The second-order valence-electron chi connectivity index (χ2n) is 6.45. The molecule has 1 aliphatic heterocycles. The van der Waals surface area contributed by atoms with Crippen molar-refractivity contribution >= 4 is 23.8 Å². The molecule has 1 aromatic rings. The lowest BCUT2D eigenvalue weighted by atomic mass is 9.82. The molecule has 1 saturated carbocycles. The molecule has 144 valence electrons. The fourth-order valence-corrected chi connectivity index (χ4v) is 3.24. The highest BCUT2D eigenvalue weighted by Gasteiger charge is 2.52. The van der Waals surface area contributed by atoms with Crippen LogP contribution in [0, 0.1) is 11.6 Å². The average Bonchev–Trinajstić information content (AvgIpc) is 2.84.